The maximum absolute atomic E-state index is 14.0. The molecule has 132 valence electrons. The van der Waals surface area contributed by atoms with Crippen molar-refractivity contribution >= 4 is 23.6 Å². The van der Waals surface area contributed by atoms with Crippen LogP contribution in [0.1, 0.15) is 49.9 Å². The second-order valence-electron chi connectivity index (χ2n) is 5.81. The van der Waals surface area contributed by atoms with Gasteiger partial charge in [-0.25, -0.2) is 9.18 Å². The standard InChI is InChI=1S/C18H24FNO3S/c1-3-5-11-23-18(22)15-12-24-16(8-4-2)20(15)17(21)13-9-6-7-10-14(13)19/h6-7,9-10,15-16H,3-5,8,11-12H2,1-2H3/t15-,16+/m0/s1. The van der Waals surface area contributed by atoms with Crippen LogP contribution >= 0.6 is 11.8 Å². The van der Waals surface area contributed by atoms with E-state index in [4.69, 9.17) is 4.74 Å². The van der Waals surface area contributed by atoms with Crippen LogP contribution in [0, 0.1) is 5.82 Å². The molecule has 1 aromatic rings. The Labute approximate surface area is 146 Å². The molecule has 1 fully saturated rings. The van der Waals surface area contributed by atoms with E-state index in [1.807, 2.05) is 13.8 Å². The van der Waals surface area contributed by atoms with Crippen molar-refractivity contribution in [3.63, 3.8) is 0 Å². The van der Waals surface area contributed by atoms with Crippen LogP contribution in [-0.2, 0) is 9.53 Å². The lowest BCUT2D eigenvalue weighted by Crippen LogP contribution is -2.46. The number of unbranched alkanes of at least 4 members (excludes halogenated alkanes) is 1. The number of hydrogen-bond acceptors (Lipinski definition) is 4. The molecule has 1 aromatic carbocycles. The Balaban J connectivity index is 2.20. The number of carbonyl (C=O) groups is 2. The van der Waals surface area contributed by atoms with Crippen LogP contribution in [0.25, 0.3) is 0 Å². The van der Waals surface area contributed by atoms with Crippen LogP contribution in [0.5, 0.6) is 0 Å². The predicted octanol–water partition coefficient (Wildman–Crippen LogP) is 3.85. The fraction of sp³-hybridized carbons (Fsp3) is 0.556. The fourth-order valence-electron chi connectivity index (χ4n) is 2.67. The molecular weight excluding hydrogens is 329 g/mol. The number of thioether (sulfide) groups is 1. The number of carbonyl (C=O) groups excluding carboxylic acids is 2. The fourth-order valence-corrected chi connectivity index (χ4v) is 4.18. The van der Waals surface area contributed by atoms with E-state index in [1.165, 1.54) is 17.0 Å². The topological polar surface area (TPSA) is 46.6 Å². The summed E-state index contributed by atoms with van der Waals surface area (Å²) in [5, 5.41) is -0.120. The summed E-state index contributed by atoms with van der Waals surface area (Å²) in [5.74, 6) is -0.892. The quantitative estimate of drug-likeness (QED) is 0.552. The molecule has 0 unspecified atom stereocenters. The average Bonchev–Trinajstić information content (AvgIpc) is 2.99. The van der Waals surface area contributed by atoms with Crippen LogP contribution in [0.3, 0.4) is 0 Å². The molecule has 0 radical (unpaired) electrons. The van der Waals surface area contributed by atoms with E-state index >= 15 is 0 Å². The van der Waals surface area contributed by atoms with E-state index in [-0.39, 0.29) is 16.9 Å². The summed E-state index contributed by atoms with van der Waals surface area (Å²) in [7, 11) is 0. The number of hydrogen-bond donors (Lipinski definition) is 0. The second-order valence-corrected chi connectivity index (χ2v) is 7.02. The first-order valence-electron chi connectivity index (χ1n) is 8.45. The van der Waals surface area contributed by atoms with E-state index in [9.17, 15) is 14.0 Å². The monoisotopic (exact) mass is 353 g/mol. The third-order valence-corrected chi connectivity index (χ3v) is 5.34. The van der Waals surface area contributed by atoms with Gasteiger partial charge in [0.15, 0.2) is 0 Å². The van der Waals surface area contributed by atoms with Gasteiger partial charge in [0.1, 0.15) is 11.9 Å². The van der Waals surface area contributed by atoms with Gasteiger partial charge in [-0.05, 0) is 25.0 Å². The minimum Gasteiger partial charge on any atom is -0.464 e. The van der Waals surface area contributed by atoms with Gasteiger partial charge >= 0.3 is 5.97 Å². The Kier molecular flexibility index (Phi) is 7.09. The van der Waals surface area contributed by atoms with E-state index < -0.39 is 17.8 Å². The summed E-state index contributed by atoms with van der Waals surface area (Å²) in [6, 6.07) is 5.26. The van der Waals surface area contributed by atoms with E-state index in [0.717, 1.165) is 25.7 Å². The average molecular weight is 353 g/mol. The summed E-state index contributed by atoms with van der Waals surface area (Å²) >= 11 is 1.56. The molecule has 0 N–H and O–H groups in total. The third kappa shape index (κ3) is 4.29. The zero-order chi connectivity index (χ0) is 17.5. The van der Waals surface area contributed by atoms with Gasteiger partial charge in [-0.1, -0.05) is 38.8 Å². The molecule has 6 heteroatoms. The van der Waals surface area contributed by atoms with Gasteiger partial charge in [0.05, 0.1) is 17.5 Å². The maximum atomic E-state index is 14.0. The highest BCUT2D eigenvalue weighted by Gasteiger charge is 2.42. The van der Waals surface area contributed by atoms with Crippen molar-refractivity contribution in [2.24, 2.45) is 0 Å². The lowest BCUT2D eigenvalue weighted by molar-refractivity contribution is -0.148. The van der Waals surface area contributed by atoms with Crippen molar-refractivity contribution in [3.05, 3.63) is 35.6 Å². The molecule has 2 atom stereocenters. The van der Waals surface area contributed by atoms with Crippen LogP contribution in [0.2, 0.25) is 0 Å². The van der Waals surface area contributed by atoms with Gasteiger partial charge in [-0.2, -0.15) is 0 Å². The minimum absolute atomic E-state index is 0.00691. The number of ether oxygens (including phenoxy) is 1. The zero-order valence-corrected chi connectivity index (χ0v) is 15.0. The lowest BCUT2D eigenvalue weighted by Gasteiger charge is -2.28. The maximum Gasteiger partial charge on any atom is 0.329 e. The van der Waals surface area contributed by atoms with Gasteiger partial charge in [0.25, 0.3) is 5.91 Å². The van der Waals surface area contributed by atoms with Gasteiger partial charge < -0.3 is 9.64 Å². The molecule has 0 saturated carbocycles. The highest BCUT2D eigenvalue weighted by molar-refractivity contribution is 8.00. The normalized spacial score (nSPS) is 20.2. The molecule has 1 heterocycles. The first kappa shape index (κ1) is 18.8. The highest BCUT2D eigenvalue weighted by atomic mass is 32.2. The smallest absolute Gasteiger partial charge is 0.329 e. The summed E-state index contributed by atoms with van der Waals surface area (Å²) in [4.78, 5) is 26.8. The van der Waals surface area contributed by atoms with E-state index in [1.54, 1.807) is 23.9 Å². The van der Waals surface area contributed by atoms with Crippen LogP contribution in [0.4, 0.5) is 4.39 Å². The number of benzene rings is 1. The van der Waals surface area contributed by atoms with Crippen molar-refractivity contribution in [2.45, 2.75) is 50.9 Å². The molecule has 0 aliphatic carbocycles. The van der Waals surface area contributed by atoms with Crippen molar-refractivity contribution in [3.8, 4) is 0 Å². The summed E-state index contributed by atoms with van der Waals surface area (Å²) in [5.41, 5.74) is 0.00691. The van der Waals surface area contributed by atoms with E-state index in [0.29, 0.717) is 12.4 Å². The highest BCUT2D eigenvalue weighted by Crippen LogP contribution is 2.34. The van der Waals surface area contributed by atoms with Gasteiger partial charge in [-0.15, -0.1) is 11.8 Å². The Morgan fingerprint density at radius 2 is 2.04 bits per heavy atom. The number of halogens is 1. The Bertz CT molecular complexity index is 581. The largest absolute Gasteiger partial charge is 0.464 e. The SMILES string of the molecule is CCCCOC(=O)[C@@H]1CS[C@H](CCC)N1C(=O)c1ccccc1F. The Hall–Kier alpha value is -1.56. The Morgan fingerprint density at radius 3 is 2.71 bits per heavy atom. The molecule has 0 spiro atoms. The number of nitrogens with zero attached hydrogens (tertiary/aromatic N) is 1. The van der Waals surface area contributed by atoms with Gasteiger partial charge in [0, 0.05) is 5.75 Å². The molecule has 2 rings (SSSR count). The molecular formula is C18H24FNO3S. The summed E-state index contributed by atoms with van der Waals surface area (Å²) in [6.45, 7) is 4.40. The number of esters is 1. The molecule has 1 amide bonds. The molecule has 1 aliphatic rings. The summed E-state index contributed by atoms with van der Waals surface area (Å²) in [6.07, 6.45) is 3.38. The van der Waals surface area contributed by atoms with Crippen LogP contribution < -0.4 is 0 Å². The van der Waals surface area contributed by atoms with Crippen LogP contribution in [0.15, 0.2) is 24.3 Å². The first-order valence-corrected chi connectivity index (χ1v) is 9.50. The van der Waals surface area contributed by atoms with Crippen molar-refractivity contribution in [2.75, 3.05) is 12.4 Å². The molecule has 24 heavy (non-hydrogen) atoms. The molecule has 1 saturated heterocycles. The predicted molar refractivity (Wildman–Crippen MR) is 93.4 cm³/mol. The van der Waals surface area contributed by atoms with E-state index in [2.05, 4.69) is 0 Å². The minimum atomic E-state index is -0.643. The van der Waals surface area contributed by atoms with Crippen LogP contribution in [-0.4, -0.2) is 40.6 Å². The first-order chi connectivity index (χ1) is 11.6. The van der Waals surface area contributed by atoms with Gasteiger partial charge in [-0.3, -0.25) is 4.79 Å². The van der Waals surface area contributed by atoms with Crippen molar-refractivity contribution in [1.82, 2.24) is 4.90 Å². The third-order valence-electron chi connectivity index (χ3n) is 3.98. The van der Waals surface area contributed by atoms with Gasteiger partial charge in [0.2, 0.25) is 0 Å². The number of rotatable bonds is 7. The molecule has 0 bridgehead atoms. The summed E-state index contributed by atoms with van der Waals surface area (Å²) < 4.78 is 19.3. The molecule has 1 aliphatic heterocycles. The number of amides is 1. The molecule has 4 nitrogen and oxygen atoms in total. The van der Waals surface area contributed by atoms with Crippen molar-refractivity contribution < 1.29 is 18.7 Å². The lowest BCUT2D eigenvalue weighted by atomic mass is 10.1. The zero-order valence-electron chi connectivity index (χ0n) is 14.2. The molecule has 0 aromatic heterocycles. The Morgan fingerprint density at radius 1 is 1.29 bits per heavy atom. The second kappa shape index (κ2) is 9.06. The van der Waals surface area contributed by atoms with Crippen molar-refractivity contribution in [1.29, 1.82) is 0 Å².